The van der Waals surface area contributed by atoms with E-state index in [1.54, 1.807) is 6.07 Å². The van der Waals surface area contributed by atoms with E-state index in [-0.39, 0.29) is 18.9 Å². The molecule has 1 heterocycles. The highest BCUT2D eigenvalue weighted by atomic mass is 127. The van der Waals surface area contributed by atoms with E-state index in [0.29, 0.717) is 5.69 Å². The monoisotopic (exact) mass is 444 g/mol. The molecule has 0 saturated carbocycles. The number of rotatable bonds is 2. The number of carbonyl (C=O) groups excluding carboxylic acids is 1. The molecule has 8 heteroatoms. The summed E-state index contributed by atoms with van der Waals surface area (Å²) in [4.78, 5) is 13.4. The Morgan fingerprint density at radius 1 is 1.44 bits per heavy atom. The first-order valence-corrected chi connectivity index (χ1v) is 8.54. The van der Waals surface area contributed by atoms with E-state index in [4.69, 9.17) is 5.14 Å². The van der Waals surface area contributed by atoms with Crippen LogP contribution in [0.3, 0.4) is 0 Å². The molecular formula is C10H10BrIN2O3S. The van der Waals surface area contributed by atoms with Crippen LogP contribution in [0.4, 0.5) is 5.69 Å². The van der Waals surface area contributed by atoms with Gasteiger partial charge in [0.15, 0.2) is 0 Å². The lowest BCUT2D eigenvalue weighted by Crippen LogP contribution is -2.32. The van der Waals surface area contributed by atoms with Gasteiger partial charge >= 0.3 is 0 Å². The van der Waals surface area contributed by atoms with Crippen molar-refractivity contribution < 1.29 is 13.2 Å². The molecule has 0 spiro atoms. The fourth-order valence-electron chi connectivity index (χ4n) is 1.82. The molecule has 2 N–H and O–H groups in total. The molecule has 1 aromatic rings. The molecule has 1 aliphatic rings. The third-order valence-electron chi connectivity index (χ3n) is 2.75. The Morgan fingerprint density at radius 3 is 2.67 bits per heavy atom. The van der Waals surface area contributed by atoms with Crippen LogP contribution in [-0.4, -0.2) is 26.1 Å². The molecule has 1 fully saturated rings. The zero-order valence-corrected chi connectivity index (χ0v) is 13.7. The molecule has 1 aliphatic heterocycles. The number of benzene rings is 1. The minimum absolute atomic E-state index is 0.0541. The van der Waals surface area contributed by atoms with Crippen LogP contribution in [0.25, 0.3) is 0 Å². The lowest BCUT2D eigenvalue weighted by atomic mass is 10.3. The first kappa shape index (κ1) is 14.2. The van der Waals surface area contributed by atoms with E-state index >= 15 is 0 Å². The maximum Gasteiger partial charge on any atom is 0.228 e. The highest BCUT2D eigenvalue weighted by Crippen LogP contribution is 2.30. The highest BCUT2D eigenvalue weighted by Gasteiger charge is 2.37. The standard InChI is InChI=1S/C10H10BrIN2O3S/c11-6-1-2-8(12)9(3-6)14-5-7(4-10(14)15)18(13,16)17/h1-3,7H,4-5H2,(H2,13,16,17). The number of nitrogens with zero attached hydrogens (tertiary/aromatic N) is 1. The van der Waals surface area contributed by atoms with Gasteiger partial charge in [0.1, 0.15) is 5.25 Å². The largest absolute Gasteiger partial charge is 0.310 e. The van der Waals surface area contributed by atoms with Gasteiger partial charge in [-0.1, -0.05) is 15.9 Å². The average molecular weight is 445 g/mol. The molecule has 0 bridgehead atoms. The van der Waals surface area contributed by atoms with Crippen molar-refractivity contribution in [1.82, 2.24) is 0 Å². The van der Waals surface area contributed by atoms with E-state index in [9.17, 15) is 13.2 Å². The maximum absolute atomic E-state index is 11.9. The van der Waals surface area contributed by atoms with Gasteiger partial charge in [0.25, 0.3) is 0 Å². The fraction of sp³-hybridized carbons (Fsp3) is 0.300. The van der Waals surface area contributed by atoms with Crippen LogP contribution in [0.15, 0.2) is 22.7 Å². The number of nitrogens with two attached hydrogens (primary N) is 1. The topological polar surface area (TPSA) is 80.5 Å². The highest BCUT2D eigenvalue weighted by molar-refractivity contribution is 14.1. The molecule has 0 aromatic heterocycles. The van der Waals surface area contributed by atoms with Crippen LogP contribution < -0.4 is 10.0 Å². The van der Waals surface area contributed by atoms with Crippen molar-refractivity contribution in [3.8, 4) is 0 Å². The van der Waals surface area contributed by atoms with E-state index < -0.39 is 15.3 Å². The first-order chi connectivity index (χ1) is 8.29. The predicted octanol–water partition coefficient (Wildman–Crippen LogP) is 1.45. The van der Waals surface area contributed by atoms with E-state index in [0.717, 1.165) is 8.04 Å². The number of primary sulfonamides is 1. The van der Waals surface area contributed by atoms with Gasteiger partial charge in [0, 0.05) is 21.0 Å². The van der Waals surface area contributed by atoms with E-state index in [2.05, 4.69) is 38.5 Å². The van der Waals surface area contributed by atoms with Crippen molar-refractivity contribution >= 4 is 60.1 Å². The molecule has 1 atom stereocenters. The third kappa shape index (κ3) is 2.86. The summed E-state index contributed by atoms with van der Waals surface area (Å²) in [7, 11) is -3.68. The van der Waals surface area contributed by atoms with Gasteiger partial charge in [-0.2, -0.15) is 0 Å². The Kier molecular flexibility index (Phi) is 4.00. The van der Waals surface area contributed by atoms with Crippen LogP contribution in [0.1, 0.15) is 6.42 Å². The Balaban J connectivity index is 2.35. The summed E-state index contributed by atoms with van der Waals surface area (Å²) in [6.07, 6.45) is -0.0541. The molecule has 1 amide bonds. The Morgan fingerprint density at radius 2 is 2.11 bits per heavy atom. The van der Waals surface area contributed by atoms with E-state index in [1.807, 2.05) is 12.1 Å². The zero-order chi connectivity index (χ0) is 13.5. The molecule has 18 heavy (non-hydrogen) atoms. The minimum atomic E-state index is -3.68. The quantitative estimate of drug-likeness (QED) is 0.701. The molecular weight excluding hydrogens is 435 g/mol. The van der Waals surface area contributed by atoms with Crippen molar-refractivity contribution in [1.29, 1.82) is 0 Å². The summed E-state index contributed by atoms with van der Waals surface area (Å²) >= 11 is 5.44. The molecule has 2 rings (SSSR count). The van der Waals surface area contributed by atoms with Gasteiger partial charge in [0.2, 0.25) is 15.9 Å². The fourth-order valence-corrected chi connectivity index (χ4v) is 3.53. The minimum Gasteiger partial charge on any atom is -0.310 e. The van der Waals surface area contributed by atoms with Gasteiger partial charge in [-0.3, -0.25) is 4.79 Å². The van der Waals surface area contributed by atoms with Crippen molar-refractivity contribution in [3.63, 3.8) is 0 Å². The number of amides is 1. The van der Waals surface area contributed by atoms with Crippen LogP contribution in [-0.2, 0) is 14.8 Å². The summed E-state index contributed by atoms with van der Waals surface area (Å²) in [6, 6.07) is 5.52. The second-order valence-electron chi connectivity index (χ2n) is 4.02. The number of hydrogen-bond donors (Lipinski definition) is 1. The van der Waals surface area contributed by atoms with Gasteiger partial charge < -0.3 is 4.90 Å². The predicted molar refractivity (Wildman–Crippen MR) is 80.7 cm³/mol. The van der Waals surface area contributed by atoms with E-state index in [1.165, 1.54) is 4.90 Å². The molecule has 1 saturated heterocycles. The molecule has 98 valence electrons. The van der Waals surface area contributed by atoms with Crippen molar-refractivity contribution in [2.24, 2.45) is 5.14 Å². The second kappa shape index (κ2) is 5.06. The number of halogens is 2. The van der Waals surface area contributed by atoms with Crippen molar-refractivity contribution in [3.05, 3.63) is 26.2 Å². The van der Waals surface area contributed by atoms with Crippen molar-refractivity contribution in [2.75, 3.05) is 11.4 Å². The molecule has 0 radical (unpaired) electrons. The summed E-state index contributed by atoms with van der Waals surface area (Å²) in [6.45, 7) is 0.115. The van der Waals surface area contributed by atoms with Crippen LogP contribution in [0.5, 0.6) is 0 Å². The average Bonchev–Trinajstić information content (AvgIpc) is 2.64. The molecule has 5 nitrogen and oxygen atoms in total. The van der Waals surface area contributed by atoms with Gasteiger partial charge in [-0.25, -0.2) is 13.6 Å². The number of anilines is 1. The van der Waals surface area contributed by atoms with Gasteiger partial charge in [0.05, 0.1) is 5.69 Å². The summed E-state index contributed by atoms with van der Waals surface area (Å²) in [5.41, 5.74) is 0.709. The van der Waals surface area contributed by atoms with Crippen LogP contribution in [0.2, 0.25) is 0 Å². The maximum atomic E-state index is 11.9. The molecule has 1 aromatic carbocycles. The Hall–Kier alpha value is -0.190. The normalized spacial score (nSPS) is 20.5. The lowest BCUT2D eigenvalue weighted by Gasteiger charge is -2.18. The molecule has 0 aliphatic carbocycles. The van der Waals surface area contributed by atoms with Crippen LogP contribution in [0, 0.1) is 3.57 Å². The molecule has 1 unspecified atom stereocenters. The van der Waals surface area contributed by atoms with Gasteiger partial charge in [-0.15, -0.1) is 0 Å². The second-order valence-corrected chi connectivity index (χ2v) is 7.94. The number of carbonyl (C=O) groups is 1. The Labute approximate surface area is 127 Å². The van der Waals surface area contributed by atoms with Gasteiger partial charge in [-0.05, 0) is 40.8 Å². The first-order valence-electron chi connectivity index (χ1n) is 5.06. The number of sulfonamides is 1. The third-order valence-corrected chi connectivity index (χ3v) is 5.40. The Bertz CT molecular complexity index is 605. The smallest absolute Gasteiger partial charge is 0.228 e. The van der Waals surface area contributed by atoms with Crippen LogP contribution >= 0.6 is 38.5 Å². The summed E-state index contributed by atoms with van der Waals surface area (Å²) in [5, 5.41) is 4.27. The summed E-state index contributed by atoms with van der Waals surface area (Å²) in [5.74, 6) is -0.218. The lowest BCUT2D eigenvalue weighted by molar-refractivity contribution is -0.117. The number of hydrogen-bond acceptors (Lipinski definition) is 3. The summed E-state index contributed by atoms with van der Waals surface area (Å²) < 4.78 is 24.3. The van der Waals surface area contributed by atoms with Crippen molar-refractivity contribution in [2.45, 2.75) is 11.7 Å². The SMILES string of the molecule is NS(=O)(=O)C1CC(=O)N(c2cc(Br)ccc2I)C1. The zero-order valence-electron chi connectivity index (χ0n) is 9.14.